The van der Waals surface area contributed by atoms with Crippen molar-refractivity contribution in [2.24, 2.45) is 5.92 Å². The quantitative estimate of drug-likeness (QED) is 0.884. The predicted octanol–water partition coefficient (Wildman–Crippen LogP) is 2.08. The summed E-state index contributed by atoms with van der Waals surface area (Å²) in [5.41, 5.74) is 3.92. The molecule has 0 aliphatic carbocycles. The lowest BCUT2D eigenvalue weighted by molar-refractivity contribution is 0.120. The Morgan fingerprint density at radius 1 is 1.26 bits per heavy atom. The molecule has 6 heteroatoms. The minimum atomic E-state index is 0.671. The molecule has 0 atom stereocenters. The van der Waals surface area contributed by atoms with Crippen LogP contribution in [0.3, 0.4) is 0 Å². The molecule has 0 unspecified atom stereocenters. The number of nitrogens with zero attached hydrogens (tertiary/aromatic N) is 4. The monoisotopic (exact) mass is 315 g/mol. The zero-order chi connectivity index (χ0) is 16.1. The van der Waals surface area contributed by atoms with Crippen molar-refractivity contribution in [3.63, 3.8) is 0 Å². The Hall–Kier alpha value is -1.79. The van der Waals surface area contributed by atoms with Crippen LogP contribution >= 0.6 is 0 Å². The Bertz CT molecular complexity index is 619. The van der Waals surface area contributed by atoms with Gasteiger partial charge in [-0.15, -0.1) is 0 Å². The summed E-state index contributed by atoms with van der Waals surface area (Å²) in [6.07, 6.45) is 6.92. The van der Waals surface area contributed by atoms with Gasteiger partial charge in [0.15, 0.2) is 0 Å². The molecule has 3 rings (SSSR count). The molecule has 1 aliphatic rings. The highest BCUT2D eigenvalue weighted by Crippen LogP contribution is 2.25. The van der Waals surface area contributed by atoms with Crippen LogP contribution in [0.1, 0.15) is 24.2 Å². The van der Waals surface area contributed by atoms with E-state index < -0.39 is 0 Å². The van der Waals surface area contributed by atoms with Gasteiger partial charge in [0.1, 0.15) is 11.4 Å². The van der Waals surface area contributed by atoms with Gasteiger partial charge in [-0.25, -0.2) is 0 Å². The van der Waals surface area contributed by atoms with Gasteiger partial charge in [0.2, 0.25) is 0 Å². The Labute approximate surface area is 137 Å². The third-order valence-corrected chi connectivity index (χ3v) is 4.52. The number of nitrogens with one attached hydrogen (secondary N) is 1. The number of rotatable bonds is 6. The average molecular weight is 315 g/mol. The van der Waals surface area contributed by atoms with Gasteiger partial charge < -0.3 is 9.64 Å². The molecule has 0 radical (unpaired) electrons. The Balaban J connectivity index is 1.63. The van der Waals surface area contributed by atoms with Crippen LogP contribution in [0.4, 0.5) is 0 Å². The number of likely N-dealkylation sites (tertiary alicyclic amines) is 1. The molecule has 0 saturated carbocycles. The Kier molecular flexibility index (Phi) is 5.35. The highest BCUT2D eigenvalue weighted by atomic mass is 16.5. The van der Waals surface area contributed by atoms with E-state index in [1.807, 2.05) is 13.0 Å². The van der Waals surface area contributed by atoms with Gasteiger partial charge in [-0.1, -0.05) is 0 Å². The Morgan fingerprint density at radius 2 is 2.04 bits per heavy atom. The fourth-order valence-corrected chi connectivity index (χ4v) is 3.18. The molecule has 1 N–H and O–H groups in total. The van der Waals surface area contributed by atoms with Crippen molar-refractivity contribution >= 4 is 0 Å². The van der Waals surface area contributed by atoms with E-state index in [-0.39, 0.29) is 0 Å². The fraction of sp³-hybridized carbons (Fsp3) is 0.588. The molecule has 0 amide bonds. The topological polar surface area (TPSA) is 66.9 Å². The van der Waals surface area contributed by atoms with Gasteiger partial charge in [0.05, 0.1) is 12.3 Å². The summed E-state index contributed by atoms with van der Waals surface area (Å²) in [7, 11) is 1.76. The first-order valence-corrected chi connectivity index (χ1v) is 8.30. The second-order valence-corrected chi connectivity index (χ2v) is 6.27. The first-order valence-electron chi connectivity index (χ1n) is 8.30. The summed E-state index contributed by atoms with van der Waals surface area (Å²) >= 11 is 0. The van der Waals surface area contributed by atoms with Crippen LogP contribution in [0, 0.1) is 12.8 Å². The molecule has 1 saturated heterocycles. The lowest BCUT2D eigenvalue weighted by Crippen LogP contribution is -2.36. The third-order valence-electron chi connectivity index (χ3n) is 4.52. The number of aromatic amines is 1. The lowest BCUT2D eigenvalue weighted by Gasteiger charge is -2.31. The number of piperidine rings is 1. The van der Waals surface area contributed by atoms with Crippen LogP contribution in [0.2, 0.25) is 0 Å². The summed E-state index contributed by atoms with van der Waals surface area (Å²) < 4.78 is 5.16. The standard InChI is InChI=1S/C17H25N5O/c1-13-11-16(21-20-13)17-15(18-5-6-19-17)12-14-3-7-22(8-4-14)9-10-23-2/h5-6,11,14H,3-4,7-10,12H2,1-2H3,(H,20,21). The molecular formula is C17H25N5O. The number of aryl methyl sites for hydroxylation is 1. The molecule has 6 nitrogen and oxygen atoms in total. The fourth-order valence-electron chi connectivity index (χ4n) is 3.18. The molecule has 124 valence electrons. The van der Waals surface area contributed by atoms with Crippen molar-refractivity contribution in [2.75, 3.05) is 33.4 Å². The molecule has 1 aliphatic heterocycles. The maximum atomic E-state index is 5.16. The number of methoxy groups -OCH3 is 1. The van der Waals surface area contributed by atoms with Gasteiger partial charge in [-0.3, -0.25) is 15.1 Å². The molecule has 23 heavy (non-hydrogen) atoms. The van der Waals surface area contributed by atoms with E-state index in [0.717, 1.165) is 55.4 Å². The van der Waals surface area contributed by atoms with Gasteiger partial charge >= 0.3 is 0 Å². The van der Waals surface area contributed by atoms with Crippen LogP contribution < -0.4 is 0 Å². The lowest BCUT2D eigenvalue weighted by atomic mass is 9.91. The maximum Gasteiger partial charge on any atom is 0.113 e. The molecule has 1 fully saturated rings. The zero-order valence-corrected chi connectivity index (χ0v) is 14.0. The first-order chi connectivity index (χ1) is 11.3. The van der Waals surface area contributed by atoms with Gasteiger partial charge in [-0.05, 0) is 51.3 Å². The highest BCUT2D eigenvalue weighted by Gasteiger charge is 2.21. The summed E-state index contributed by atoms with van der Waals surface area (Å²) in [5.74, 6) is 0.671. The van der Waals surface area contributed by atoms with Crippen molar-refractivity contribution in [2.45, 2.75) is 26.2 Å². The van der Waals surface area contributed by atoms with Crippen molar-refractivity contribution in [3.8, 4) is 11.4 Å². The highest BCUT2D eigenvalue weighted by molar-refractivity contribution is 5.56. The average Bonchev–Trinajstić information content (AvgIpc) is 3.01. The number of hydrogen-bond donors (Lipinski definition) is 1. The largest absolute Gasteiger partial charge is 0.383 e. The van der Waals surface area contributed by atoms with Crippen molar-refractivity contribution in [1.29, 1.82) is 0 Å². The van der Waals surface area contributed by atoms with E-state index in [1.54, 1.807) is 19.5 Å². The molecule has 0 spiro atoms. The molecule has 0 bridgehead atoms. The number of H-pyrrole nitrogens is 1. The van der Waals surface area contributed by atoms with E-state index >= 15 is 0 Å². The van der Waals surface area contributed by atoms with Crippen LogP contribution in [0.5, 0.6) is 0 Å². The molecule has 2 aromatic rings. The number of ether oxygens (including phenoxy) is 1. The van der Waals surface area contributed by atoms with Crippen molar-refractivity contribution < 1.29 is 4.74 Å². The third kappa shape index (κ3) is 4.14. The molecule has 0 aromatic carbocycles. The second-order valence-electron chi connectivity index (χ2n) is 6.27. The van der Waals surface area contributed by atoms with Crippen molar-refractivity contribution in [1.82, 2.24) is 25.1 Å². The van der Waals surface area contributed by atoms with Crippen molar-refractivity contribution in [3.05, 3.63) is 29.8 Å². The van der Waals surface area contributed by atoms with Gasteiger partial charge in [-0.2, -0.15) is 5.10 Å². The number of aromatic nitrogens is 4. The van der Waals surface area contributed by atoms with Gasteiger partial charge in [0.25, 0.3) is 0 Å². The van der Waals surface area contributed by atoms with E-state index in [2.05, 4.69) is 25.1 Å². The molecular weight excluding hydrogens is 290 g/mol. The van der Waals surface area contributed by atoms with Crippen LogP contribution in [0.25, 0.3) is 11.4 Å². The predicted molar refractivity (Wildman–Crippen MR) is 89.1 cm³/mol. The van der Waals surface area contributed by atoms with E-state index in [9.17, 15) is 0 Å². The summed E-state index contributed by atoms with van der Waals surface area (Å²) in [4.78, 5) is 11.6. The minimum Gasteiger partial charge on any atom is -0.383 e. The summed E-state index contributed by atoms with van der Waals surface area (Å²) in [6.45, 7) is 6.14. The van der Waals surface area contributed by atoms with E-state index in [0.29, 0.717) is 5.92 Å². The second kappa shape index (κ2) is 7.66. The SMILES string of the molecule is COCCN1CCC(Cc2nccnc2-c2cc(C)[nH]n2)CC1. The van der Waals surface area contributed by atoms with E-state index in [4.69, 9.17) is 4.74 Å². The Morgan fingerprint density at radius 3 is 2.74 bits per heavy atom. The minimum absolute atomic E-state index is 0.671. The first kappa shape index (κ1) is 16.1. The molecule has 3 heterocycles. The van der Waals surface area contributed by atoms with Crippen LogP contribution in [-0.4, -0.2) is 58.4 Å². The van der Waals surface area contributed by atoms with Crippen LogP contribution in [0.15, 0.2) is 18.5 Å². The summed E-state index contributed by atoms with van der Waals surface area (Å²) in [5, 5.41) is 7.32. The zero-order valence-electron chi connectivity index (χ0n) is 14.0. The van der Waals surface area contributed by atoms with E-state index in [1.165, 1.54) is 12.8 Å². The normalized spacial score (nSPS) is 16.8. The van der Waals surface area contributed by atoms with Gasteiger partial charge in [0, 0.05) is 31.7 Å². The number of hydrogen-bond acceptors (Lipinski definition) is 5. The maximum absolute atomic E-state index is 5.16. The van der Waals surface area contributed by atoms with Crippen LogP contribution in [-0.2, 0) is 11.2 Å². The summed E-state index contributed by atoms with van der Waals surface area (Å²) in [6, 6.07) is 2.03. The smallest absolute Gasteiger partial charge is 0.113 e. The molecule has 2 aromatic heterocycles.